The number of fused-ring (bicyclic) bond motifs is 1. The quantitative estimate of drug-likeness (QED) is 0.705. The summed E-state index contributed by atoms with van der Waals surface area (Å²) in [5.74, 6) is 0. The van der Waals surface area contributed by atoms with Crippen molar-refractivity contribution < 1.29 is 0 Å². The van der Waals surface area contributed by atoms with Gasteiger partial charge in [-0.05, 0) is 0 Å². The van der Waals surface area contributed by atoms with Crippen LogP contribution in [0.15, 0.2) is 18.6 Å². The van der Waals surface area contributed by atoms with E-state index in [0.29, 0.717) is 0 Å². The van der Waals surface area contributed by atoms with E-state index in [1.54, 1.807) is 18.6 Å². The summed E-state index contributed by atoms with van der Waals surface area (Å²) >= 11 is 0. The molecule has 2 aromatic heterocycles. The Balaban J connectivity index is 2.09. The van der Waals surface area contributed by atoms with E-state index < -0.39 is 0 Å². The first-order chi connectivity index (χ1) is 7.45. The molecule has 0 fully saturated rings. The smallest absolute Gasteiger partial charge is 0.117 e. The second-order valence-corrected chi connectivity index (χ2v) is 3.55. The number of aromatic nitrogens is 4. The summed E-state index contributed by atoms with van der Waals surface area (Å²) in [6, 6.07) is 0. The van der Waals surface area contributed by atoms with E-state index in [9.17, 15) is 0 Å². The topological polar surface area (TPSA) is 66.5 Å². The minimum Gasteiger partial charge on any atom is -0.312 e. The first kappa shape index (κ1) is 8.55. The molecule has 76 valence electrons. The molecule has 5 heteroatoms. The highest BCUT2D eigenvalue weighted by molar-refractivity contribution is 5.59. The molecule has 0 saturated heterocycles. The Morgan fingerprint density at radius 2 is 2.27 bits per heavy atom. The Hall–Kier alpha value is -1.75. The van der Waals surface area contributed by atoms with Crippen molar-refractivity contribution in [3.05, 3.63) is 29.8 Å². The Morgan fingerprint density at radius 3 is 3.13 bits per heavy atom. The number of nitrogens with one attached hydrogen (secondary N) is 2. The van der Waals surface area contributed by atoms with Crippen LogP contribution in [0.1, 0.15) is 11.3 Å². The van der Waals surface area contributed by atoms with Gasteiger partial charge in [0.15, 0.2) is 0 Å². The zero-order valence-corrected chi connectivity index (χ0v) is 8.20. The maximum Gasteiger partial charge on any atom is 0.117 e. The van der Waals surface area contributed by atoms with Crippen molar-refractivity contribution >= 4 is 0 Å². The molecular formula is C10H11N5. The van der Waals surface area contributed by atoms with Crippen molar-refractivity contribution in [3.8, 4) is 11.4 Å². The normalized spacial score (nSPS) is 14.9. The van der Waals surface area contributed by atoms with Crippen LogP contribution < -0.4 is 5.32 Å². The third-order valence-electron chi connectivity index (χ3n) is 2.61. The molecule has 2 aromatic rings. The lowest BCUT2D eigenvalue weighted by Gasteiger charge is -2.12. The van der Waals surface area contributed by atoms with E-state index >= 15 is 0 Å². The number of nitrogens with zero attached hydrogens (tertiary/aromatic N) is 3. The van der Waals surface area contributed by atoms with E-state index in [1.807, 2.05) is 0 Å². The van der Waals surface area contributed by atoms with Gasteiger partial charge < -0.3 is 5.32 Å². The van der Waals surface area contributed by atoms with Gasteiger partial charge in [-0.1, -0.05) is 0 Å². The predicted octanol–water partition coefficient (Wildman–Crippen LogP) is 0.512. The number of hydrogen-bond acceptors (Lipinski definition) is 4. The molecule has 1 aliphatic rings. The fourth-order valence-electron chi connectivity index (χ4n) is 1.86. The second-order valence-electron chi connectivity index (χ2n) is 3.55. The Kier molecular flexibility index (Phi) is 1.96. The van der Waals surface area contributed by atoms with Crippen LogP contribution in [0.2, 0.25) is 0 Å². The molecule has 0 amide bonds. The van der Waals surface area contributed by atoms with Gasteiger partial charge in [-0.3, -0.25) is 15.1 Å². The van der Waals surface area contributed by atoms with E-state index in [1.165, 1.54) is 11.3 Å². The van der Waals surface area contributed by atoms with Gasteiger partial charge >= 0.3 is 0 Å². The third-order valence-corrected chi connectivity index (χ3v) is 2.61. The molecule has 0 bridgehead atoms. The lowest BCUT2D eigenvalue weighted by molar-refractivity contribution is 0.637. The number of rotatable bonds is 1. The molecule has 3 heterocycles. The van der Waals surface area contributed by atoms with E-state index in [2.05, 4.69) is 25.5 Å². The average Bonchev–Trinajstić information content (AvgIpc) is 2.74. The molecule has 0 aliphatic carbocycles. The van der Waals surface area contributed by atoms with Crippen LogP contribution in [0.3, 0.4) is 0 Å². The minimum atomic E-state index is 0.832. The lowest BCUT2D eigenvalue weighted by Crippen LogP contribution is -2.23. The highest BCUT2D eigenvalue weighted by Crippen LogP contribution is 2.23. The summed E-state index contributed by atoms with van der Waals surface area (Å²) in [7, 11) is 0. The molecule has 15 heavy (non-hydrogen) atoms. The Bertz CT molecular complexity index is 462. The SMILES string of the molecule is c1cnc(-c2n[nH]c3c2CNCC3)cn1. The maximum absolute atomic E-state index is 4.30. The molecule has 0 atom stereocenters. The van der Waals surface area contributed by atoms with Crippen molar-refractivity contribution in [2.45, 2.75) is 13.0 Å². The molecular weight excluding hydrogens is 190 g/mol. The molecule has 0 radical (unpaired) electrons. The van der Waals surface area contributed by atoms with Crippen LogP contribution in [-0.2, 0) is 13.0 Å². The summed E-state index contributed by atoms with van der Waals surface area (Å²) in [6.45, 7) is 1.87. The predicted molar refractivity (Wildman–Crippen MR) is 55.0 cm³/mol. The fourth-order valence-corrected chi connectivity index (χ4v) is 1.86. The summed E-state index contributed by atoms with van der Waals surface area (Å²) < 4.78 is 0. The lowest BCUT2D eigenvalue weighted by atomic mass is 10.1. The number of aromatic amines is 1. The average molecular weight is 201 g/mol. The third kappa shape index (κ3) is 1.41. The second kappa shape index (κ2) is 3.43. The zero-order valence-electron chi connectivity index (χ0n) is 8.20. The van der Waals surface area contributed by atoms with Crippen molar-refractivity contribution in [3.63, 3.8) is 0 Å². The molecule has 0 spiro atoms. The van der Waals surface area contributed by atoms with Crippen molar-refractivity contribution in [1.82, 2.24) is 25.5 Å². The van der Waals surface area contributed by atoms with Gasteiger partial charge in [0, 0.05) is 43.2 Å². The number of hydrogen-bond donors (Lipinski definition) is 2. The van der Waals surface area contributed by atoms with Crippen molar-refractivity contribution in [1.29, 1.82) is 0 Å². The van der Waals surface area contributed by atoms with Gasteiger partial charge in [0.05, 0.1) is 6.20 Å². The molecule has 0 aromatic carbocycles. The summed E-state index contributed by atoms with van der Waals surface area (Å²) in [5.41, 5.74) is 4.19. The highest BCUT2D eigenvalue weighted by atomic mass is 15.1. The standard InChI is InChI=1S/C10H11N5/c1-2-11-5-7-8(1)14-15-10(7)9-6-12-3-4-13-9/h3-4,6,11H,1-2,5H2,(H,14,15). The molecule has 2 N–H and O–H groups in total. The molecule has 1 aliphatic heterocycles. The van der Waals surface area contributed by atoms with Gasteiger partial charge in [-0.25, -0.2) is 0 Å². The fraction of sp³-hybridized carbons (Fsp3) is 0.300. The molecule has 0 saturated carbocycles. The molecule has 5 nitrogen and oxygen atoms in total. The largest absolute Gasteiger partial charge is 0.312 e. The van der Waals surface area contributed by atoms with E-state index in [-0.39, 0.29) is 0 Å². The van der Waals surface area contributed by atoms with Crippen LogP contribution in [0, 0.1) is 0 Å². The minimum absolute atomic E-state index is 0.832. The summed E-state index contributed by atoms with van der Waals surface area (Å²) in [4.78, 5) is 8.31. The van der Waals surface area contributed by atoms with Crippen LogP contribution in [-0.4, -0.2) is 26.7 Å². The van der Waals surface area contributed by atoms with Gasteiger partial charge in [-0.15, -0.1) is 0 Å². The highest BCUT2D eigenvalue weighted by Gasteiger charge is 2.17. The van der Waals surface area contributed by atoms with Crippen LogP contribution >= 0.6 is 0 Å². The van der Waals surface area contributed by atoms with Crippen LogP contribution in [0.5, 0.6) is 0 Å². The van der Waals surface area contributed by atoms with Crippen molar-refractivity contribution in [2.75, 3.05) is 6.54 Å². The van der Waals surface area contributed by atoms with Gasteiger partial charge in [0.2, 0.25) is 0 Å². The maximum atomic E-state index is 4.30. The first-order valence-corrected chi connectivity index (χ1v) is 4.98. The molecule has 0 unspecified atom stereocenters. The van der Waals surface area contributed by atoms with Crippen LogP contribution in [0.4, 0.5) is 0 Å². The summed E-state index contributed by atoms with van der Waals surface area (Å²) in [5, 5.41) is 10.7. The Morgan fingerprint density at radius 1 is 1.27 bits per heavy atom. The van der Waals surface area contributed by atoms with Gasteiger partial charge in [0.25, 0.3) is 0 Å². The summed E-state index contributed by atoms with van der Waals surface area (Å²) in [6.07, 6.45) is 6.10. The van der Waals surface area contributed by atoms with Gasteiger partial charge in [-0.2, -0.15) is 5.10 Å². The van der Waals surface area contributed by atoms with E-state index in [0.717, 1.165) is 30.9 Å². The monoisotopic (exact) mass is 201 g/mol. The van der Waals surface area contributed by atoms with Crippen molar-refractivity contribution in [2.24, 2.45) is 0 Å². The Labute approximate surface area is 87.0 Å². The molecule has 3 rings (SSSR count). The van der Waals surface area contributed by atoms with Gasteiger partial charge in [0.1, 0.15) is 11.4 Å². The number of H-pyrrole nitrogens is 1. The van der Waals surface area contributed by atoms with E-state index in [4.69, 9.17) is 0 Å². The first-order valence-electron chi connectivity index (χ1n) is 4.98. The van der Waals surface area contributed by atoms with Crippen LogP contribution in [0.25, 0.3) is 11.4 Å². The zero-order chi connectivity index (χ0) is 10.1.